The van der Waals surface area contributed by atoms with Crippen molar-refractivity contribution in [1.29, 1.82) is 0 Å². The number of nitrogens with two attached hydrogens (primary N) is 1. The van der Waals surface area contributed by atoms with E-state index in [2.05, 4.69) is 4.98 Å². The Labute approximate surface area is 102 Å². The number of aromatic nitrogens is 1. The Morgan fingerprint density at radius 3 is 2.44 bits per heavy atom. The molecule has 2 N–H and O–H groups in total. The molecule has 1 aromatic heterocycles. The van der Waals surface area contributed by atoms with Gasteiger partial charge in [-0.05, 0) is 30.2 Å². The minimum atomic E-state index is -1.50. The highest BCUT2D eigenvalue weighted by Crippen LogP contribution is 2.26. The Morgan fingerprint density at radius 1 is 1.06 bits per heavy atom. The molecule has 0 radical (unpaired) electrons. The van der Waals surface area contributed by atoms with Crippen LogP contribution in [-0.4, -0.2) is 4.98 Å². The zero-order valence-electron chi connectivity index (χ0n) is 9.62. The molecule has 94 valence electrons. The summed E-state index contributed by atoms with van der Waals surface area (Å²) >= 11 is 0. The lowest BCUT2D eigenvalue weighted by atomic mass is 9.96. The highest BCUT2D eigenvalue weighted by atomic mass is 19.2. The van der Waals surface area contributed by atoms with Crippen molar-refractivity contribution < 1.29 is 13.2 Å². The Morgan fingerprint density at radius 2 is 1.78 bits per heavy atom. The molecule has 5 heteroatoms. The predicted molar refractivity (Wildman–Crippen MR) is 61.3 cm³/mol. The first-order valence-electron chi connectivity index (χ1n) is 5.32. The van der Waals surface area contributed by atoms with Gasteiger partial charge < -0.3 is 5.73 Å². The van der Waals surface area contributed by atoms with Gasteiger partial charge in [0.2, 0.25) is 0 Å². The molecule has 18 heavy (non-hydrogen) atoms. The first kappa shape index (κ1) is 12.6. The van der Waals surface area contributed by atoms with Crippen LogP contribution in [0.4, 0.5) is 13.2 Å². The van der Waals surface area contributed by atoms with E-state index in [0.717, 1.165) is 17.7 Å². The average Bonchev–Trinajstić information content (AvgIpc) is 2.36. The molecule has 1 aromatic carbocycles. The molecule has 2 rings (SSSR count). The molecule has 1 heterocycles. The zero-order chi connectivity index (χ0) is 13.3. The number of aryl methyl sites for hydroxylation is 1. The van der Waals surface area contributed by atoms with Gasteiger partial charge in [0, 0.05) is 18.0 Å². The van der Waals surface area contributed by atoms with E-state index in [1.54, 1.807) is 19.2 Å². The summed E-state index contributed by atoms with van der Waals surface area (Å²) in [5.41, 5.74) is 7.18. The molecule has 0 saturated carbocycles. The first-order valence-corrected chi connectivity index (χ1v) is 5.32. The van der Waals surface area contributed by atoms with E-state index in [0.29, 0.717) is 5.56 Å². The van der Waals surface area contributed by atoms with Gasteiger partial charge >= 0.3 is 0 Å². The van der Waals surface area contributed by atoms with Crippen LogP contribution in [0.25, 0.3) is 0 Å². The number of benzene rings is 1. The molecule has 0 saturated heterocycles. The third kappa shape index (κ3) is 2.09. The van der Waals surface area contributed by atoms with Crippen molar-refractivity contribution in [2.24, 2.45) is 5.73 Å². The van der Waals surface area contributed by atoms with Gasteiger partial charge in [0.05, 0.1) is 6.04 Å². The third-order valence-electron chi connectivity index (χ3n) is 2.80. The number of hydrogen-bond donors (Lipinski definition) is 1. The summed E-state index contributed by atoms with van der Waals surface area (Å²) in [6.07, 6.45) is 3.09. The Hall–Kier alpha value is -1.88. The normalized spacial score (nSPS) is 12.5. The van der Waals surface area contributed by atoms with Gasteiger partial charge in [0.25, 0.3) is 0 Å². The molecule has 1 atom stereocenters. The number of nitrogens with zero attached hydrogens (tertiary/aromatic N) is 1. The van der Waals surface area contributed by atoms with Crippen LogP contribution in [0.3, 0.4) is 0 Å². The summed E-state index contributed by atoms with van der Waals surface area (Å²) in [4.78, 5) is 3.89. The van der Waals surface area contributed by atoms with Crippen LogP contribution in [0.15, 0.2) is 30.6 Å². The second-order valence-corrected chi connectivity index (χ2v) is 3.97. The summed E-state index contributed by atoms with van der Waals surface area (Å²) in [5.74, 6) is -3.98. The molecule has 2 aromatic rings. The van der Waals surface area contributed by atoms with Crippen molar-refractivity contribution in [3.8, 4) is 0 Å². The fourth-order valence-electron chi connectivity index (χ4n) is 1.78. The second kappa shape index (κ2) is 4.78. The number of rotatable bonds is 2. The monoisotopic (exact) mass is 252 g/mol. The van der Waals surface area contributed by atoms with Crippen molar-refractivity contribution in [2.45, 2.75) is 13.0 Å². The zero-order valence-corrected chi connectivity index (χ0v) is 9.62. The van der Waals surface area contributed by atoms with Crippen molar-refractivity contribution in [2.75, 3.05) is 0 Å². The second-order valence-electron chi connectivity index (χ2n) is 3.97. The maximum Gasteiger partial charge on any atom is 0.194 e. The lowest BCUT2D eigenvalue weighted by Gasteiger charge is -2.15. The molecule has 0 fully saturated rings. The van der Waals surface area contributed by atoms with Crippen molar-refractivity contribution in [1.82, 2.24) is 4.98 Å². The Kier molecular flexibility index (Phi) is 3.34. The summed E-state index contributed by atoms with van der Waals surface area (Å²) in [6, 6.07) is 2.78. The SMILES string of the molecule is Cc1cnccc1C(N)c1ccc(F)c(F)c1F. The predicted octanol–water partition coefficient (Wildman–Crippen LogP) is 2.86. The van der Waals surface area contributed by atoms with Crippen LogP contribution in [-0.2, 0) is 0 Å². The lowest BCUT2D eigenvalue weighted by molar-refractivity contribution is 0.438. The highest BCUT2D eigenvalue weighted by molar-refractivity contribution is 5.35. The van der Waals surface area contributed by atoms with E-state index in [1.165, 1.54) is 6.20 Å². The summed E-state index contributed by atoms with van der Waals surface area (Å²) in [7, 11) is 0. The number of pyridine rings is 1. The minimum absolute atomic E-state index is 0.0804. The van der Waals surface area contributed by atoms with Gasteiger partial charge in [-0.15, -0.1) is 0 Å². The van der Waals surface area contributed by atoms with E-state index < -0.39 is 23.5 Å². The van der Waals surface area contributed by atoms with E-state index in [9.17, 15) is 13.2 Å². The molecule has 0 amide bonds. The molecule has 0 aliphatic rings. The van der Waals surface area contributed by atoms with Gasteiger partial charge in [0.1, 0.15) is 0 Å². The standard InChI is InChI=1S/C13H11F3N2/c1-7-6-18-5-4-8(7)13(17)9-2-3-10(14)12(16)11(9)15/h2-6,13H,17H2,1H3. The number of hydrogen-bond acceptors (Lipinski definition) is 2. The van der Waals surface area contributed by atoms with E-state index >= 15 is 0 Å². The fourth-order valence-corrected chi connectivity index (χ4v) is 1.78. The van der Waals surface area contributed by atoms with E-state index in [-0.39, 0.29) is 5.56 Å². The largest absolute Gasteiger partial charge is 0.320 e. The molecule has 0 spiro atoms. The Balaban J connectivity index is 2.50. The van der Waals surface area contributed by atoms with Crippen molar-refractivity contribution in [3.05, 3.63) is 64.7 Å². The minimum Gasteiger partial charge on any atom is -0.320 e. The van der Waals surface area contributed by atoms with Crippen LogP contribution < -0.4 is 5.73 Å². The molecule has 0 bridgehead atoms. The molecular weight excluding hydrogens is 241 g/mol. The molecule has 0 aliphatic heterocycles. The Bertz CT molecular complexity index is 584. The highest BCUT2D eigenvalue weighted by Gasteiger charge is 2.20. The summed E-state index contributed by atoms with van der Waals surface area (Å²) < 4.78 is 39.6. The van der Waals surface area contributed by atoms with Gasteiger partial charge in [0.15, 0.2) is 17.5 Å². The smallest absolute Gasteiger partial charge is 0.194 e. The molecule has 2 nitrogen and oxygen atoms in total. The van der Waals surface area contributed by atoms with E-state index in [4.69, 9.17) is 5.73 Å². The van der Waals surface area contributed by atoms with Gasteiger partial charge in [-0.25, -0.2) is 13.2 Å². The van der Waals surface area contributed by atoms with Gasteiger partial charge in [-0.2, -0.15) is 0 Å². The summed E-state index contributed by atoms with van der Waals surface area (Å²) in [5, 5.41) is 0. The maximum absolute atomic E-state index is 13.6. The van der Waals surface area contributed by atoms with Crippen LogP contribution in [0.1, 0.15) is 22.7 Å². The van der Waals surface area contributed by atoms with Crippen LogP contribution in [0.2, 0.25) is 0 Å². The molecule has 0 aliphatic carbocycles. The molecule has 1 unspecified atom stereocenters. The maximum atomic E-state index is 13.6. The quantitative estimate of drug-likeness (QED) is 0.835. The van der Waals surface area contributed by atoms with Crippen molar-refractivity contribution >= 4 is 0 Å². The topological polar surface area (TPSA) is 38.9 Å². The average molecular weight is 252 g/mol. The summed E-state index contributed by atoms with van der Waals surface area (Å²) in [6.45, 7) is 1.76. The van der Waals surface area contributed by atoms with Crippen LogP contribution in [0.5, 0.6) is 0 Å². The van der Waals surface area contributed by atoms with Crippen molar-refractivity contribution in [3.63, 3.8) is 0 Å². The third-order valence-corrected chi connectivity index (χ3v) is 2.80. The van der Waals surface area contributed by atoms with Crippen LogP contribution in [0, 0.1) is 24.4 Å². The first-order chi connectivity index (χ1) is 8.52. The fraction of sp³-hybridized carbons (Fsp3) is 0.154. The molecular formula is C13H11F3N2. The lowest BCUT2D eigenvalue weighted by Crippen LogP contribution is -2.16. The van der Waals surface area contributed by atoms with Crippen LogP contribution >= 0.6 is 0 Å². The number of halogens is 3. The van der Waals surface area contributed by atoms with E-state index in [1.807, 2.05) is 0 Å². The van der Waals surface area contributed by atoms with Gasteiger partial charge in [-0.3, -0.25) is 4.98 Å². The van der Waals surface area contributed by atoms with Gasteiger partial charge in [-0.1, -0.05) is 6.07 Å².